The number of nitrogens with two attached hydrogens (primary N) is 1. The molecule has 9 nitrogen and oxygen atoms in total. The van der Waals surface area contributed by atoms with Crippen LogP contribution in [-0.2, 0) is 4.74 Å². The molecule has 2 amide bonds. The molecule has 0 aliphatic carbocycles. The minimum Gasteiger partial charge on any atom is -0.493 e. The molecule has 0 radical (unpaired) electrons. The molecule has 2 N–H and O–H groups in total. The summed E-state index contributed by atoms with van der Waals surface area (Å²) in [5, 5.41) is 0.744. The maximum atomic E-state index is 12.3. The van der Waals surface area contributed by atoms with Crippen LogP contribution in [0, 0.1) is 0 Å². The molecule has 0 aliphatic rings. The second-order valence-electron chi connectivity index (χ2n) is 7.57. The number of methoxy groups -OCH3 is 2. The number of nitrogens with zero attached hydrogens (tertiary/aromatic N) is 2. The smallest absolute Gasteiger partial charge is 0.338 e. The van der Waals surface area contributed by atoms with Crippen LogP contribution in [0.3, 0.4) is 0 Å². The van der Waals surface area contributed by atoms with Gasteiger partial charge in [0.15, 0.2) is 11.5 Å². The number of hydrogen-bond acceptors (Lipinski definition) is 7. The number of esters is 1. The Balaban J connectivity index is 1.63. The van der Waals surface area contributed by atoms with E-state index in [0.717, 1.165) is 5.39 Å². The molecule has 184 valence electrons. The van der Waals surface area contributed by atoms with Gasteiger partial charge in [-0.3, -0.25) is 9.88 Å². The Morgan fingerprint density at radius 1 is 0.889 bits per heavy atom. The first-order valence-corrected chi connectivity index (χ1v) is 11.1. The van der Waals surface area contributed by atoms with Crippen molar-refractivity contribution >= 4 is 34.3 Å². The summed E-state index contributed by atoms with van der Waals surface area (Å²) in [7, 11) is 3.13. The third kappa shape index (κ3) is 5.00. The number of carbonyl (C=O) groups is 2. The summed E-state index contributed by atoms with van der Waals surface area (Å²) in [4.78, 5) is 30.1. The fraction of sp³-hybridized carbons (Fsp3) is 0.148. The highest BCUT2D eigenvalue weighted by Crippen LogP contribution is 2.37. The summed E-state index contributed by atoms with van der Waals surface area (Å²) in [5.74, 6) is 1.75. The lowest BCUT2D eigenvalue weighted by Crippen LogP contribution is -2.31. The van der Waals surface area contributed by atoms with E-state index in [1.54, 1.807) is 94.1 Å². The molecular weight excluding hydrogens is 462 g/mol. The van der Waals surface area contributed by atoms with Gasteiger partial charge in [0.05, 0.1) is 43.3 Å². The van der Waals surface area contributed by atoms with Gasteiger partial charge in [-0.05, 0) is 61.5 Å². The molecule has 0 saturated carbocycles. The van der Waals surface area contributed by atoms with Gasteiger partial charge in [-0.1, -0.05) is 6.07 Å². The van der Waals surface area contributed by atoms with Crippen LogP contribution in [0.1, 0.15) is 17.3 Å². The van der Waals surface area contributed by atoms with E-state index in [-0.39, 0.29) is 6.61 Å². The van der Waals surface area contributed by atoms with Crippen molar-refractivity contribution in [1.82, 2.24) is 4.98 Å². The molecule has 0 fully saturated rings. The number of urea groups is 1. The molecule has 4 aromatic rings. The highest BCUT2D eigenvalue weighted by molar-refractivity contribution is 6.00. The van der Waals surface area contributed by atoms with Crippen LogP contribution in [-0.4, -0.2) is 37.8 Å². The van der Waals surface area contributed by atoms with Gasteiger partial charge in [0.25, 0.3) is 0 Å². The van der Waals surface area contributed by atoms with E-state index < -0.39 is 12.0 Å². The van der Waals surface area contributed by atoms with Gasteiger partial charge in [-0.2, -0.15) is 0 Å². The minimum absolute atomic E-state index is 0.247. The summed E-state index contributed by atoms with van der Waals surface area (Å²) < 4.78 is 21.9. The van der Waals surface area contributed by atoms with Gasteiger partial charge in [0.1, 0.15) is 11.5 Å². The molecule has 3 aromatic carbocycles. The summed E-state index contributed by atoms with van der Waals surface area (Å²) in [5.41, 5.74) is 7.61. The Labute approximate surface area is 208 Å². The first kappa shape index (κ1) is 24.3. The number of carbonyl (C=O) groups excluding carboxylic acids is 2. The average molecular weight is 488 g/mol. The molecular formula is C27H25N3O6. The van der Waals surface area contributed by atoms with Crippen molar-refractivity contribution in [1.29, 1.82) is 0 Å². The topological polar surface area (TPSA) is 113 Å². The van der Waals surface area contributed by atoms with Crippen molar-refractivity contribution in [2.75, 3.05) is 25.7 Å². The predicted octanol–water partition coefficient (Wildman–Crippen LogP) is 5.44. The Morgan fingerprint density at radius 3 is 2.28 bits per heavy atom. The predicted molar refractivity (Wildman–Crippen MR) is 135 cm³/mol. The van der Waals surface area contributed by atoms with E-state index in [4.69, 9.17) is 24.7 Å². The summed E-state index contributed by atoms with van der Waals surface area (Å²) in [6.45, 7) is 1.97. The molecule has 1 heterocycles. The Morgan fingerprint density at radius 2 is 1.61 bits per heavy atom. The molecule has 0 atom stereocenters. The van der Waals surface area contributed by atoms with Crippen LogP contribution in [0.15, 0.2) is 72.9 Å². The van der Waals surface area contributed by atoms with Gasteiger partial charge in [0, 0.05) is 17.6 Å². The molecule has 0 unspecified atom stereocenters. The van der Waals surface area contributed by atoms with Crippen molar-refractivity contribution in [3.8, 4) is 23.0 Å². The standard InChI is InChI=1S/C27H25N3O6/c1-4-35-26(31)17-6-5-7-19(14-17)30(27(28)32)18-8-10-20(11-9-18)36-23-12-13-29-22-16-25(34-3)24(33-2)15-21(22)23/h5-16H,4H2,1-3H3,(H2,28,32). The van der Waals surface area contributed by atoms with Crippen LogP contribution in [0.25, 0.3) is 10.9 Å². The highest BCUT2D eigenvalue weighted by Gasteiger charge is 2.18. The normalized spacial score (nSPS) is 10.5. The maximum absolute atomic E-state index is 12.3. The second kappa shape index (κ2) is 10.6. The van der Waals surface area contributed by atoms with E-state index in [0.29, 0.717) is 45.5 Å². The van der Waals surface area contributed by atoms with E-state index >= 15 is 0 Å². The molecule has 1 aromatic heterocycles. The van der Waals surface area contributed by atoms with Crippen molar-refractivity contribution in [2.45, 2.75) is 6.92 Å². The zero-order valence-electron chi connectivity index (χ0n) is 20.1. The fourth-order valence-electron chi connectivity index (χ4n) is 3.72. The number of amides is 2. The lowest BCUT2D eigenvalue weighted by Gasteiger charge is -2.21. The highest BCUT2D eigenvalue weighted by atomic mass is 16.5. The number of benzene rings is 3. The van der Waals surface area contributed by atoms with Crippen LogP contribution in [0.5, 0.6) is 23.0 Å². The zero-order valence-corrected chi connectivity index (χ0v) is 20.1. The van der Waals surface area contributed by atoms with Gasteiger partial charge >= 0.3 is 12.0 Å². The van der Waals surface area contributed by atoms with Crippen LogP contribution < -0.4 is 24.8 Å². The number of ether oxygens (including phenoxy) is 4. The third-order valence-electron chi connectivity index (χ3n) is 5.37. The van der Waals surface area contributed by atoms with Gasteiger partial charge in [-0.15, -0.1) is 0 Å². The molecule has 0 spiro atoms. The van der Waals surface area contributed by atoms with Crippen LogP contribution in [0.4, 0.5) is 16.2 Å². The molecule has 4 rings (SSSR count). The number of primary amides is 1. The van der Waals surface area contributed by atoms with Crippen molar-refractivity contribution in [2.24, 2.45) is 5.73 Å². The molecule has 0 saturated heterocycles. The number of fused-ring (bicyclic) bond motifs is 1. The molecule has 0 bridgehead atoms. The van der Waals surface area contributed by atoms with E-state index in [1.165, 1.54) is 4.90 Å². The summed E-state index contributed by atoms with van der Waals surface area (Å²) in [6, 6.07) is 18.0. The number of anilines is 2. The number of pyridine rings is 1. The number of aromatic nitrogens is 1. The van der Waals surface area contributed by atoms with Gasteiger partial charge in [0.2, 0.25) is 0 Å². The van der Waals surface area contributed by atoms with Crippen molar-refractivity contribution in [3.63, 3.8) is 0 Å². The molecule has 9 heteroatoms. The number of rotatable bonds is 8. The average Bonchev–Trinajstić information content (AvgIpc) is 2.89. The largest absolute Gasteiger partial charge is 0.493 e. The monoisotopic (exact) mass is 487 g/mol. The Hall–Kier alpha value is -4.79. The van der Waals surface area contributed by atoms with Gasteiger partial charge in [-0.25, -0.2) is 9.59 Å². The lowest BCUT2D eigenvalue weighted by atomic mass is 10.1. The second-order valence-corrected chi connectivity index (χ2v) is 7.57. The maximum Gasteiger partial charge on any atom is 0.338 e. The fourth-order valence-corrected chi connectivity index (χ4v) is 3.72. The molecule has 36 heavy (non-hydrogen) atoms. The third-order valence-corrected chi connectivity index (χ3v) is 5.37. The van der Waals surface area contributed by atoms with E-state index in [9.17, 15) is 9.59 Å². The summed E-state index contributed by atoms with van der Waals surface area (Å²) >= 11 is 0. The van der Waals surface area contributed by atoms with E-state index in [1.807, 2.05) is 0 Å². The lowest BCUT2D eigenvalue weighted by molar-refractivity contribution is 0.0526. The SMILES string of the molecule is CCOC(=O)c1cccc(N(C(N)=O)c2ccc(Oc3ccnc4cc(OC)c(OC)cc34)cc2)c1. The minimum atomic E-state index is -0.703. The first-order valence-electron chi connectivity index (χ1n) is 11.1. The Kier molecular flexibility index (Phi) is 7.20. The quantitative estimate of drug-likeness (QED) is 0.329. The summed E-state index contributed by atoms with van der Waals surface area (Å²) in [6.07, 6.45) is 1.64. The molecule has 0 aliphatic heterocycles. The van der Waals surface area contributed by atoms with Crippen molar-refractivity contribution in [3.05, 3.63) is 78.5 Å². The van der Waals surface area contributed by atoms with Crippen LogP contribution in [0.2, 0.25) is 0 Å². The van der Waals surface area contributed by atoms with E-state index in [2.05, 4.69) is 4.98 Å². The Bertz CT molecular complexity index is 1400. The zero-order chi connectivity index (χ0) is 25.7. The van der Waals surface area contributed by atoms with Gasteiger partial charge < -0.3 is 24.7 Å². The first-order chi connectivity index (χ1) is 17.4. The number of hydrogen-bond donors (Lipinski definition) is 1. The van der Waals surface area contributed by atoms with Crippen molar-refractivity contribution < 1.29 is 28.5 Å². The van der Waals surface area contributed by atoms with Crippen LogP contribution >= 0.6 is 0 Å².